The molecule has 0 aromatic carbocycles. The molecule has 1 fully saturated rings. The number of nitrogens with zero attached hydrogens (tertiary/aromatic N) is 1. The number of rotatable bonds is 4. The van der Waals surface area contributed by atoms with E-state index in [4.69, 9.17) is 0 Å². The molecule has 3 nitrogen and oxygen atoms in total. The minimum Gasteiger partial charge on any atom is -0.342 e. The topological polar surface area (TPSA) is 29.1 Å². The van der Waals surface area contributed by atoms with Crippen molar-refractivity contribution in [3.8, 4) is 0 Å². The van der Waals surface area contributed by atoms with Gasteiger partial charge in [-0.25, -0.2) is 0 Å². The summed E-state index contributed by atoms with van der Waals surface area (Å²) >= 11 is 0. The normalized spacial score (nSPS) is 19.9. The van der Waals surface area contributed by atoms with E-state index >= 15 is 0 Å². The van der Waals surface area contributed by atoms with Crippen LogP contribution in [0.15, 0.2) is 0 Å². The number of alkyl halides is 3. The van der Waals surface area contributed by atoms with Gasteiger partial charge in [-0.1, -0.05) is 0 Å². The van der Waals surface area contributed by atoms with Crippen molar-refractivity contribution in [2.24, 2.45) is 0 Å². The molecule has 0 aromatic rings. The zero-order chi connectivity index (χ0) is 14.0. The molecule has 0 unspecified atom stereocenters. The van der Waals surface area contributed by atoms with Crippen molar-refractivity contribution in [1.29, 1.82) is 0 Å². The van der Waals surface area contributed by atoms with Crippen LogP contribution in [0, 0.1) is 0 Å². The van der Waals surface area contributed by atoms with Gasteiger partial charge in [-0.3, -0.25) is 4.79 Å². The third kappa shape index (κ3) is 3.86. The maximum Gasteiger partial charge on any atom is 0.405 e. The highest BCUT2D eigenvalue weighted by molar-refractivity contribution is 5.80. The van der Waals surface area contributed by atoms with Gasteiger partial charge in [-0.05, 0) is 32.6 Å². The summed E-state index contributed by atoms with van der Waals surface area (Å²) in [7, 11) is 3.85. The summed E-state index contributed by atoms with van der Waals surface area (Å²) in [6.45, 7) is 0.449. The maximum absolute atomic E-state index is 12.1. The zero-order valence-electron chi connectivity index (χ0n) is 11.2. The number of carbonyl (C=O) groups is 1. The third-order valence-corrected chi connectivity index (χ3v) is 4.11. The van der Waals surface area contributed by atoms with Crippen LogP contribution in [0.4, 0.5) is 13.2 Å². The lowest BCUT2D eigenvalue weighted by Gasteiger charge is -2.40. The summed E-state index contributed by atoms with van der Waals surface area (Å²) in [6.07, 6.45) is 0.0279. The molecule has 1 N–H and O–H groups in total. The van der Waals surface area contributed by atoms with Crippen molar-refractivity contribution in [2.75, 3.05) is 20.6 Å². The van der Waals surface area contributed by atoms with Crippen molar-refractivity contribution in [1.82, 2.24) is 5.32 Å². The minimum absolute atomic E-state index is 0.372. The quantitative estimate of drug-likeness (QED) is 0.776. The Balaban J connectivity index is 2.56. The van der Waals surface area contributed by atoms with E-state index in [0.29, 0.717) is 10.5 Å². The highest BCUT2D eigenvalue weighted by Gasteiger charge is 2.40. The van der Waals surface area contributed by atoms with Crippen LogP contribution in [-0.2, 0) is 4.79 Å². The van der Waals surface area contributed by atoms with Crippen molar-refractivity contribution >= 4 is 5.91 Å². The lowest BCUT2D eigenvalue weighted by molar-refractivity contribution is -0.927. The van der Waals surface area contributed by atoms with Gasteiger partial charge in [0, 0.05) is 0 Å². The summed E-state index contributed by atoms with van der Waals surface area (Å²) < 4.78 is 36.6. The number of quaternary nitrogens is 1. The van der Waals surface area contributed by atoms with E-state index in [1.807, 2.05) is 19.4 Å². The van der Waals surface area contributed by atoms with Crippen LogP contribution in [-0.4, -0.2) is 49.3 Å². The first-order valence-corrected chi connectivity index (χ1v) is 6.32. The average Bonchev–Trinajstić information content (AvgIpc) is 2.77. The zero-order valence-corrected chi connectivity index (χ0v) is 11.2. The molecule has 1 aliphatic rings. The first-order chi connectivity index (χ1) is 8.14. The lowest BCUT2D eigenvalue weighted by atomic mass is 10.1. The summed E-state index contributed by atoms with van der Waals surface area (Å²) in [5.41, 5.74) is 0. The Kier molecular flexibility index (Phi) is 4.64. The number of likely N-dealkylation sites (N-methyl/N-ethyl adjacent to an activating group) is 1. The van der Waals surface area contributed by atoms with Gasteiger partial charge in [0.15, 0.2) is 6.04 Å². The van der Waals surface area contributed by atoms with E-state index in [-0.39, 0.29) is 0 Å². The molecule has 18 heavy (non-hydrogen) atoms. The second kappa shape index (κ2) is 5.47. The van der Waals surface area contributed by atoms with Gasteiger partial charge in [-0.15, -0.1) is 0 Å². The van der Waals surface area contributed by atoms with Crippen LogP contribution in [0.2, 0.25) is 0 Å². The van der Waals surface area contributed by atoms with Crippen LogP contribution in [0.1, 0.15) is 32.6 Å². The first-order valence-electron chi connectivity index (χ1n) is 6.32. The molecule has 1 aliphatic carbocycles. The van der Waals surface area contributed by atoms with Crippen LogP contribution >= 0.6 is 0 Å². The molecule has 0 heterocycles. The molecule has 0 saturated heterocycles. The third-order valence-electron chi connectivity index (χ3n) is 4.11. The van der Waals surface area contributed by atoms with E-state index in [2.05, 4.69) is 0 Å². The highest BCUT2D eigenvalue weighted by Crippen LogP contribution is 2.28. The van der Waals surface area contributed by atoms with Gasteiger partial charge in [0.1, 0.15) is 6.54 Å². The fraction of sp³-hybridized carbons (Fsp3) is 0.917. The van der Waals surface area contributed by atoms with Gasteiger partial charge in [0.2, 0.25) is 0 Å². The van der Waals surface area contributed by atoms with E-state index in [1.165, 1.54) is 0 Å². The summed E-state index contributed by atoms with van der Waals surface area (Å²) in [4.78, 5) is 11.8. The van der Waals surface area contributed by atoms with Crippen LogP contribution in [0.3, 0.4) is 0 Å². The predicted octanol–water partition coefficient (Wildman–Crippen LogP) is 2.07. The summed E-state index contributed by atoms with van der Waals surface area (Å²) in [5.74, 6) is -0.524. The molecule has 0 bridgehead atoms. The van der Waals surface area contributed by atoms with Crippen molar-refractivity contribution in [2.45, 2.75) is 50.9 Å². The predicted molar refractivity (Wildman–Crippen MR) is 62.9 cm³/mol. The van der Waals surface area contributed by atoms with Gasteiger partial charge >= 0.3 is 6.18 Å². The van der Waals surface area contributed by atoms with Gasteiger partial charge in [0.25, 0.3) is 5.91 Å². The number of halogens is 3. The van der Waals surface area contributed by atoms with Crippen molar-refractivity contribution < 1.29 is 22.4 Å². The Morgan fingerprint density at radius 3 is 2.28 bits per heavy atom. The Labute approximate surface area is 106 Å². The molecule has 6 heteroatoms. The molecule has 0 aromatic heterocycles. The molecule has 0 spiro atoms. The van der Waals surface area contributed by atoms with E-state index in [0.717, 1.165) is 25.7 Å². The molecule has 106 valence electrons. The Morgan fingerprint density at radius 1 is 1.33 bits per heavy atom. The molecular weight excluding hydrogens is 245 g/mol. The SMILES string of the molecule is C[C@@H](C(=O)NCC(F)(F)F)[N+](C)(C)C1CCCC1. The smallest absolute Gasteiger partial charge is 0.342 e. The van der Waals surface area contributed by atoms with Gasteiger partial charge in [-0.2, -0.15) is 13.2 Å². The van der Waals surface area contributed by atoms with Crippen LogP contribution in [0.5, 0.6) is 0 Å². The summed E-state index contributed by atoms with van der Waals surface area (Å²) in [5, 5.41) is 1.97. The maximum atomic E-state index is 12.1. The monoisotopic (exact) mass is 267 g/mol. The standard InChI is InChI=1S/C12H21F3N2O/c1-9(11(18)16-8-12(13,14)15)17(2,3)10-6-4-5-7-10/h9-10H,4-8H2,1-3H3/p+1/t9-/m0/s1. The number of hydrogen-bond donors (Lipinski definition) is 1. The number of hydrogen-bond acceptors (Lipinski definition) is 1. The summed E-state index contributed by atoms with van der Waals surface area (Å²) in [6, 6.07) is -0.0907. The van der Waals surface area contributed by atoms with E-state index in [9.17, 15) is 18.0 Å². The highest BCUT2D eigenvalue weighted by atomic mass is 19.4. The second-order valence-electron chi connectivity index (χ2n) is 5.58. The van der Waals surface area contributed by atoms with E-state index < -0.39 is 24.7 Å². The molecule has 1 rings (SSSR count). The van der Waals surface area contributed by atoms with Crippen LogP contribution < -0.4 is 5.32 Å². The molecule has 1 saturated carbocycles. The lowest BCUT2D eigenvalue weighted by Crippen LogP contribution is -2.59. The Bertz CT molecular complexity index is 296. The second-order valence-corrected chi connectivity index (χ2v) is 5.58. The molecule has 1 atom stereocenters. The number of nitrogens with one attached hydrogen (secondary N) is 1. The Hall–Kier alpha value is -0.780. The van der Waals surface area contributed by atoms with Crippen LogP contribution in [0.25, 0.3) is 0 Å². The Morgan fingerprint density at radius 2 is 1.83 bits per heavy atom. The van der Waals surface area contributed by atoms with Crippen molar-refractivity contribution in [3.63, 3.8) is 0 Å². The fourth-order valence-electron chi connectivity index (χ4n) is 2.52. The van der Waals surface area contributed by atoms with Crippen molar-refractivity contribution in [3.05, 3.63) is 0 Å². The molecule has 0 aliphatic heterocycles. The van der Waals surface area contributed by atoms with Gasteiger partial charge in [0.05, 0.1) is 20.1 Å². The molecule has 0 radical (unpaired) electrons. The number of carbonyl (C=O) groups excluding carboxylic acids is 1. The van der Waals surface area contributed by atoms with Gasteiger partial charge < -0.3 is 9.80 Å². The molecular formula is C12H22F3N2O+. The molecule has 1 amide bonds. The average molecular weight is 267 g/mol. The first kappa shape index (κ1) is 15.3. The van der Waals surface area contributed by atoms with E-state index in [1.54, 1.807) is 6.92 Å². The largest absolute Gasteiger partial charge is 0.405 e. The minimum atomic E-state index is -4.35. The number of amides is 1. The fourth-order valence-corrected chi connectivity index (χ4v) is 2.52.